The van der Waals surface area contributed by atoms with Gasteiger partial charge in [0.2, 0.25) is 0 Å². The summed E-state index contributed by atoms with van der Waals surface area (Å²) in [5.41, 5.74) is 3.53. The Morgan fingerprint density at radius 1 is 0.800 bits per heavy atom. The van der Waals surface area contributed by atoms with Crippen LogP contribution in [0.5, 0.6) is 5.75 Å². The highest BCUT2D eigenvalue weighted by Crippen LogP contribution is 2.32. The van der Waals surface area contributed by atoms with Crippen LogP contribution in [0, 0.1) is 23.5 Å². The lowest BCUT2D eigenvalue weighted by Gasteiger charge is -2.26. The summed E-state index contributed by atoms with van der Waals surface area (Å²) in [6.45, 7) is 6.78. The lowest BCUT2D eigenvalue weighted by molar-refractivity contribution is 0.195. The number of allylic oxidation sites excluding steroid dienone is 1. The summed E-state index contributed by atoms with van der Waals surface area (Å²) in [6, 6.07) is 19.1. The molecule has 1 fully saturated rings. The van der Waals surface area contributed by atoms with Gasteiger partial charge in [-0.15, -0.1) is 6.58 Å². The Kier molecular flexibility index (Phi) is 8.74. The van der Waals surface area contributed by atoms with Crippen molar-refractivity contribution in [3.63, 3.8) is 0 Å². The molecule has 0 bridgehead atoms. The van der Waals surface area contributed by atoms with E-state index in [0.29, 0.717) is 34.9 Å². The van der Waals surface area contributed by atoms with Gasteiger partial charge in [0.25, 0.3) is 0 Å². The van der Waals surface area contributed by atoms with Gasteiger partial charge in [-0.1, -0.05) is 74.4 Å². The number of hydrogen-bond donors (Lipinski definition) is 0. The minimum atomic E-state index is -0.758. The van der Waals surface area contributed by atoms with Crippen molar-refractivity contribution in [3.05, 3.63) is 90.5 Å². The number of ether oxygens (including phenoxy) is 1. The molecule has 0 radical (unpaired) electrons. The predicted molar refractivity (Wildman–Crippen MR) is 142 cm³/mol. The minimum absolute atomic E-state index is 0.305. The standard InChI is InChI=1S/C32H36F2O/c1-3-5-6-7-28-18-21-30(32(34)31(28)33)27-14-12-25(13-15-27)26-16-19-29(20-17-26)35-22-24-10-8-23(4-2)9-11-24/h4,12-21,23-24H,2-3,5-11,22H2,1H3. The zero-order chi connectivity index (χ0) is 24.6. The second kappa shape index (κ2) is 12.2. The van der Waals surface area contributed by atoms with Gasteiger partial charge in [-0.05, 0) is 84.7 Å². The zero-order valence-electron chi connectivity index (χ0n) is 20.7. The van der Waals surface area contributed by atoms with Crippen molar-refractivity contribution < 1.29 is 13.5 Å². The molecule has 0 amide bonds. The predicted octanol–water partition coefficient (Wildman–Crippen LogP) is 9.40. The van der Waals surface area contributed by atoms with Crippen molar-refractivity contribution in [3.8, 4) is 28.0 Å². The highest BCUT2D eigenvalue weighted by atomic mass is 19.2. The van der Waals surface area contributed by atoms with Crippen molar-refractivity contribution in [2.45, 2.75) is 58.3 Å². The van der Waals surface area contributed by atoms with Crippen LogP contribution in [0.15, 0.2) is 73.3 Å². The van der Waals surface area contributed by atoms with E-state index in [0.717, 1.165) is 42.7 Å². The van der Waals surface area contributed by atoms with Gasteiger partial charge in [-0.25, -0.2) is 8.78 Å². The molecule has 0 saturated heterocycles. The van der Waals surface area contributed by atoms with E-state index in [1.165, 1.54) is 25.7 Å². The average molecular weight is 475 g/mol. The molecule has 0 N–H and O–H groups in total. The maximum atomic E-state index is 14.8. The van der Waals surface area contributed by atoms with Crippen molar-refractivity contribution in [1.82, 2.24) is 0 Å². The fourth-order valence-electron chi connectivity index (χ4n) is 4.96. The molecule has 0 aromatic heterocycles. The van der Waals surface area contributed by atoms with E-state index in [1.807, 2.05) is 48.5 Å². The smallest absolute Gasteiger partial charge is 0.166 e. The van der Waals surface area contributed by atoms with E-state index >= 15 is 0 Å². The molecule has 184 valence electrons. The molecule has 0 aliphatic heterocycles. The Bertz CT molecular complexity index is 1090. The van der Waals surface area contributed by atoms with E-state index in [2.05, 4.69) is 19.6 Å². The van der Waals surface area contributed by atoms with Crippen LogP contribution in [0.3, 0.4) is 0 Å². The Balaban J connectivity index is 1.37. The fraction of sp³-hybridized carbons (Fsp3) is 0.375. The first kappa shape index (κ1) is 25.2. The summed E-state index contributed by atoms with van der Waals surface area (Å²) in [7, 11) is 0. The Labute approximate surface area is 208 Å². The van der Waals surface area contributed by atoms with Crippen LogP contribution in [0.2, 0.25) is 0 Å². The van der Waals surface area contributed by atoms with Gasteiger partial charge in [-0.2, -0.15) is 0 Å². The van der Waals surface area contributed by atoms with E-state index in [4.69, 9.17) is 4.74 Å². The second-order valence-electron chi connectivity index (χ2n) is 9.79. The third-order valence-electron chi connectivity index (χ3n) is 7.31. The maximum Gasteiger partial charge on any atom is 0.166 e. The third-order valence-corrected chi connectivity index (χ3v) is 7.31. The van der Waals surface area contributed by atoms with E-state index in [1.54, 1.807) is 12.1 Å². The molecule has 1 nitrogen and oxygen atoms in total. The molecule has 1 aliphatic carbocycles. The van der Waals surface area contributed by atoms with Crippen LogP contribution in [0.25, 0.3) is 22.3 Å². The SMILES string of the molecule is C=CC1CCC(COc2ccc(-c3ccc(-c4ccc(CCCCC)c(F)c4F)cc3)cc2)CC1. The average Bonchev–Trinajstić information content (AvgIpc) is 2.91. The van der Waals surface area contributed by atoms with Gasteiger partial charge in [0.1, 0.15) is 5.75 Å². The first-order valence-corrected chi connectivity index (χ1v) is 13.0. The first-order valence-electron chi connectivity index (χ1n) is 13.0. The Morgan fingerprint density at radius 3 is 2.06 bits per heavy atom. The monoisotopic (exact) mass is 474 g/mol. The second-order valence-corrected chi connectivity index (χ2v) is 9.79. The lowest BCUT2D eigenvalue weighted by Crippen LogP contribution is -2.19. The van der Waals surface area contributed by atoms with Crippen LogP contribution < -0.4 is 4.74 Å². The van der Waals surface area contributed by atoms with Crippen molar-refractivity contribution in [1.29, 1.82) is 0 Å². The van der Waals surface area contributed by atoms with Crippen LogP contribution in [-0.2, 0) is 6.42 Å². The van der Waals surface area contributed by atoms with Crippen LogP contribution in [-0.4, -0.2) is 6.61 Å². The molecule has 0 spiro atoms. The van der Waals surface area contributed by atoms with E-state index < -0.39 is 11.6 Å². The van der Waals surface area contributed by atoms with Crippen molar-refractivity contribution in [2.24, 2.45) is 11.8 Å². The van der Waals surface area contributed by atoms with Crippen molar-refractivity contribution >= 4 is 0 Å². The van der Waals surface area contributed by atoms with Gasteiger partial charge in [0.15, 0.2) is 11.6 Å². The van der Waals surface area contributed by atoms with Crippen LogP contribution >= 0.6 is 0 Å². The summed E-state index contributed by atoms with van der Waals surface area (Å²) in [5.74, 6) is 0.697. The molecule has 3 aromatic carbocycles. The zero-order valence-corrected chi connectivity index (χ0v) is 20.7. The molecule has 3 heteroatoms. The largest absolute Gasteiger partial charge is 0.493 e. The molecule has 4 rings (SSSR count). The number of rotatable bonds is 10. The summed E-state index contributed by atoms with van der Waals surface area (Å²) < 4.78 is 35.4. The molecule has 0 unspecified atom stereocenters. The Hall–Kier alpha value is -2.94. The molecular weight excluding hydrogens is 438 g/mol. The first-order chi connectivity index (χ1) is 17.1. The molecular formula is C32H36F2O. The summed E-state index contributed by atoms with van der Waals surface area (Å²) in [5, 5.41) is 0. The normalized spacial score (nSPS) is 17.8. The summed E-state index contributed by atoms with van der Waals surface area (Å²) in [4.78, 5) is 0. The van der Waals surface area contributed by atoms with Crippen molar-refractivity contribution in [2.75, 3.05) is 6.61 Å². The molecule has 1 aliphatic rings. The summed E-state index contributed by atoms with van der Waals surface area (Å²) >= 11 is 0. The summed E-state index contributed by atoms with van der Waals surface area (Å²) in [6.07, 6.45) is 10.4. The number of hydrogen-bond acceptors (Lipinski definition) is 1. The van der Waals surface area contributed by atoms with Crippen LogP contribution in [0.1, 0.15) is 57.4 Å². The number of aryl methyl sites for hydroxylation is 1. The fourth-order valence-corrected chi connectivity index (χ4v) is 4.96. The van der Waals surface area contributed by atoms with E-state index in [9.17, 15) is 8.78 Å². The van der Waals surface area contributed by atoms with E-state index in [-0.39, 0.29) is 0 Å². The van der Waals surface area contributed by atoms with Gasteiger partial charge in [0.05, 0.1) is 6.61 Å². The topological polar surface area (TPSA) is 9.23 Å². The van der Waals surface area contributed by atoms with Gasteiger partial charge < -0.3 is 4.74 Å². The maximum absolute atomic E-state index is 14.8. The van der Waals surface area contributed by atoms with Gasteiger partial charge in [0, 0.05) is 5.56 Å². The third kappa shape index (κ3) is 6.39. The highest BCUT2D eigenvalue weighted by molar-refractivity contribution is 5.71. The molecule has 3 aromatic rings. The minimum Gasteiger partial charge on any atom is -0.493 e. The highest BCUT2D eigenvalue weighted by Gasteiger charge is 2.19. The number of benzene rings is 3. The number of halogens is 2. The van der Waals surface area contributed by atoms with Gasteiger partial charge in [-0.3, -0.25) is 0 Å². The van der Waals surface area contributed by atoms with Gasteiger partial charge >= 0.3 is 0 Å². The quantitative estimate of drug-likeness (QED) is 0.210. The number of unbranched alkanes of at least 4 members (excludes halogenated alkanes) is 2. The Morgan fingerprint density at radius 2 is 1.43 bits per heavy atom. The molecule has 0 atom stereocenters. The van der Waals surface area contributed by atoms with Crippen LogP contribution in [0.4, 0.5) is 8.78 Å². The molecule has 35 heavy (non-hydrogen) atoms. The molecule has 1 saturated carbocycles. The molecule has 0 heterocycles. The lowest BCUT2D eigenvalue weighted by atomic mass is 9.82.